The Balaban J connectivity index is 2.03. The summed E-state index contributed by atoms with van der Waals surface area (Å²) in [6, 6.07) is 5.01. The van der Waals surface area contributed by atoms with Crippen LogP contribution in [0.25, 0.3) is 0 Å². The Bertz CT molecular complexity index is 478. The van der Waals surface area contributed by atoms with Gasteiger partial charge in [0.15, 0.2) is 0 Å². The van der Waals surface area contributed by atoms with Gasteiger partial charge in [0.1, 0.15) is 5.78 Å². The summed E-state index contributed by atoms with van der Waals surface area (Å²) in [5, 5.41) is 3.52. The van der Waals surface area contributed by atoms with Gasteiger partial charge in [-0.3, -0.25) is 9.59 Å². The van der Waals surface area contributed by atoms with Gasteiger partial charge in [0.2, 0.25) is 0 Å². The number of carbonyl (C=O) groups is 2. The van der Waals surface area contributed by atoms with Crippen LogP contribution in [0.15, 0.2) is 18.2 Å². The first-order valence-corrected chi connectivity index (χ1v) is 6.60. The smallest absolute Gasteiger partial charge is 0.253 e. The average Bonchev–Trinajstić information content (AvgIpc) is 2.35. The van der Waals surface area contributed by atoms with Crippen molar-refractivity contribution < 1.29 is 9.59 Å². The maximum atomic E-state index is 12.0. The number of nitrogens with one attached hydrogen (secondary N) is 1. The van der Waals surface area contributed by atoms with E-state index in [0.29, 0.717) is 36.3 Å². The number of benzene rings is 1. The van der Waals surface area contributed by atoms with E-state index in [1.807, 2.05) is 0 Å². The lowest BCUT2D eigenvalue weighted by atomic mass is 9.94. The lowest BCUT2D eigenvalue weighted by Gasteiger charge is -2.22. The highest BCUT2D eigenvalue weighted by atomic mass is 35.5. The molecule has 1 N–H and O–H groups in total. The average molecular weight is 286 g/mol. The molecule has 18 heavy (non-hydrogen) atoms. The van der Waals surface area contributed by atoms with Crippen LogP contribution in [0.1, 0.15) is 36.0 Å². The second kappa shape index (κ2) is 5.72. The molecule has 2 rings (SSSR count). The predicted molar refractivity (Wildman–Crippen MR) is 71.2 cm³/mol. The van der Waals surface area contributed by atoms with Crippen molar-refractivity contribution in [2.24, 2.45) is 0 Å². The predicted octanol–water partition coefficient (Wildman–Crippen LogP) is 3.23. The highest BCUT2D eigenvalue weighted by Crippen LogP contribution is 2.26. The van der Waals surface area contributed by atoms with Crippen LogP contribution in [0, 0.1) is 0 Å². The van der Waals surface area contributed by atoms with E-state index in [1.165, 1.54) is 0 Å². The number of halogens is 2. The fourth-order valence-corrected chi connectivity index (χ4v) is 2.41. The molecule has 1 fully saturated rings. The van der Waals surface area contributed by atoms with Gasteiger partial charge in [-0.25, -0.2) is 0 Å². The summed E-state index contributed by atoms with van der Waals surface area (Å²) in [6.45, 7) is 0. The summed E-state index contributed by atoms with van der Waals surface area (Å²) in [5.74, 6) is 0.0307. The number of amides is 1. The van der Waals surface area contributed by atoms with E-state index in [1.54, 1.807) is 18.2 Å². The molecule has 96 valence electrons. The highest BCUT2D eigenvalue weighted by molar-refractivity contribution is 6.43. The summed E-state index contributed by atoms with van der Waals surface area (Å²) >= 11 is 11.8. The molecule has 0 atom stereocenters. The highest BCUT2D eigenvalue weighted by Gasteiger charge is 2.21. The molecule has 1 aliphatic carbocycles. The lowest BCUT2D eigenvalue weighted by molar-refractivity contribution is -0.120. The number of carbonyl (C=O) groups excluding carboxylic acids is 2. The second-order valence-electron chi connectivity index (χ2n) is 4.39. The molecule has 0 radical (unpaired) electrons. The molecule has 3 nitrogen and oxygen atoms in total. The summed E-state index contributed by atoms with van der Waals surface area (Å²) in [6.07, 6.45) is 2.47. The molecule has 0 aliphatic heterocycles. The van der Waals surface area contributed by atoms with Gasteiger partial charge in [0, 0.05) is 18.9 Å². The SMILES string of the molecule is O=C1CCC(NC(=O)c2cccc(Cl)c2Cl)CC1. The Kier molecular flexibility index (Phi) is 4.25. The van der Waals surface area contributed by atoms with Crippen molar-refractivity contribution in [3.05, 3.63) is 33.8 Å². The minimum Gasteiger partial charge on any atom is -0.349 e. The van der Waals surface area contributed by atoms with E-state index in [4.69, 9.17) is 23.2 Å². The topological polar surface area (TPSA) is 46.2 Å². The monoisotopic (exact) mass is 285 g/mol. The van der Waals surface area contributed by atoms with Gasteiger partial charge in [-0.15, -0.1) is 0 Å². The zero-order chi connectivity index (χ0) is 13.1. The van der Waals surface area contributed by atoms with Crippen molar-refractivity contribution >= 4 is 34.9 Å². The standard InChI is InChI=1S/C13H13Cl2NO2/c14-11-3-1-2-10(12(11)15)13(18)16-8-4-6-9(17)7-5-8/h1-3,8H,4-7H2,(H,16,18). The van der Waals surface area contributed by atoms with Crippen LogP contribution in [0.2, 0.25) is 10.0 Å². The fraction of sp³-hybridized carbons (Fsp3) is 0.385. The summed E-state index contributed by atoms with van der Waals surface area (Å²) in [5.41, 5.74) is 0.376. The van der Waals surface area contributed by atoms with Crippen molar-refractivity contribution in [3.8, 4) is 0 Å². The molecule has 5 heteroatoms. The summed E-state index contributed by atoms with van der Waals surface area (Å²) in [4.78, 5) is 23.1. The Morgan fingerprint density at radius 1 is 1.22 bits per heavy atom. The first-order chi connectivity index (χ1) is 8.58. The zero-order valence-electron chi connectivity index (χ0n) is 9.71. The van der Waals surface area contributed by atoms with E-state index < -0.39 is 0 Å². The van der Waals surface area contributed by atoms with E-state index in [2.05, 4.69) is 5.32 Å². The number of ketones is 1. The van der Waals surface area contributed by atoms with Crippen molar-refractivity contribution in [2.45, 2.75) is 31.7 Å². The maximum absolute atomic E-state index is 12.0. The molecule has 1 amide bonds. The van der Waals surface area contributed by atoms with Gasteiger partial charge in [0.05, 0.1) is 15.6 Å². The van der Waals surface area contributed by atoms with Crippen LogP contribution in [0.5, 0.6) is 0 Å². The van der Waals surface area contributed by atoms with Crippen LogP contribution < -0.4 is 5.32 Å². The van der Waals surface area contributed by atoms with Gasteiger partial charge < -0.3 is 5.32 Å². The quantitative estimate of drug-likeness (QED) is 0.907. The van der Waals surface area contributed by atoms with Crippen LogP contribution in [-0.4, -0.2) is 17.7 Å². The normalized spacial score (nSPS) is 16.7. The molecule has 1 aliphatic rings. The Hall–Kier alpha value is -1.06. The van der Waals surface area contributed by atoms with Crippen molar-refractivity contribution in [3.63, 3.8) is 0 Å². The molecular formula is C13H13Cl2NO2. The molecule has 1 aromatic carbocycles. The largest absolute Gasteiger partial charge is 0.349 e. The van der Waals surface area contributed by atoms with Gasteiger partial charge >= 0.3 is 0 Å². The van der Waals surface area contributed by atoms with Crippen LogP contribution >= 0.6 is 23.2 Å². The molecule has 0 heterocycles. The molecule has 1 aromatic rings. The van der Waals surface area contributed by atoms with E-state index >= 15 is 0 Å². The Morgan fingerprint density at radius 3 is 2.56 bits per heavy atom. The van der Waals surface area contributed by atoms with Gasteiger partial charge in [0.25, 0.3) is 5.91 Å². The summed E-state index contributed by atoms with van der Waals surface area (Å²) in [7, 11) is 0. The van der Waals surface area contributed by atoms with Crippen LogP contribution in [0.3, 0.4) is 0 Å². The fourth-order valence-electron chi connectivity index (χ4n) is 2.03. The molecule has 0 saturated heterocycles. The number of hydrogen-bond acceptors (Lipinski definition) is 2. The van der Waals surface area contributed by atoms with E-state index in [0.717, 1.165) is 0 Å². The van der Waals surface area contributed by atoms with Gasteiger partial charge in [-0.2, -0.15) is 0 Å². The third-order valence-corrected chi connectivity index (χ3v) is 3.89. The Morgan fingerprint density at radius 2 is 1.89 bits per heavy atom. The minimum atomic E-state index is -0.234. The summed E-state index contributed by atoms with van der Waals surface area (Å²) < 4.78 is 0. The maximum Gasteiger partial charge on any atom is 0.253 e. The third kappa shape index (κ3) is 3.03. The molecule has 0 bridgehead atoms. The molecule has 0 unspecified atom stereocenters. The number of rotatable bonds is 2. The Labute approximate surface area is 115 Å². The third-order valence-electron chi connectivity index (χ3n) is 3.07. The van der Waals surface area contributed by atoms with E-state index in [-0.39, 0.29) is 22.8 Å². The van der Waals surface area contributed by atoms with Crippen molar-refractivity contribution in [2.75, 3.05) is 0 Å². The first-order valence-electron chi connectivity index (χ1n) is 5.84. The zero-order valence-corrected chi connectivity index (χ0v) is 11.2. The van der Waals surface area contributed by atoms with Crippen LogP contribution in [-0.2, 0) is 4.79 Å². The second-order valence-corrected chi connectivity index (χ2v) is 5.17. The van der Waals surface area contributed by atoms with Crippen LogP contribution in [0.4, 0.5) is 0 Å². The lowest BCUT2D eigenvalue weighted by Crippen LogP contribution is -2.37. The van der Waals surface area contributed by atoms with Crippen molar-refractivity contribution in [1.82, 2.24) is 5.32 Å². The molecular weight excluding hydrogens is 273 g/mol. The number of hydrogen-bond donors (Lipinski definition) is 1. The van der Waals surface area contributed by atoms with E-state index in [9.17, 15) is 9.59 Å². The van der Waals surface area contributed by atoms with Crippen molar-refractivity contribution in [1.29, 1.82) is 0 Å². The van der Waals surface area contributed by atoms with Gasteiger partial charge in [-0.1, -0.05) is 29.3 Å². The molecule has 0 spiro atoms. The molecule has 0 aromatic heterocycles. The number of Topliss-reactive ketones (excluding diaryl/α,β-unsaturated/α-hetero) is 1. The first kappa shape index (κ1) is 13.4. The van der Waals surface area contributed by atoms with Gasteiger partial charge in [-0.05, 0) is 25.0 Å². The molecule has 1 saturated carbocycles. The minimum absolute atomic E-state index is 0.0465.